The van der Waals surface area contributed by atoms with Gasteiger partial charge in [0.05, 0.1) is 24.1 Å². The number of rotatable bonds is 6. The van der Waals surface area contributed by atoms with Crippen LogP contribution < -0.4 is 14.8 Å². The van der Waals surface area contributed by atoms with E-state index in [0.717, 1.165) is 12.1 Å². The molecule has 10 heteroatoms. The summed E-state index contributed by atoms with van der Waals surface area (Å²) < 4.78 is 71.1. The van der Waals surface area contributed by atoms with E-state index < -0.39 is 27.7 Å². The number of benzene rings is 3. The van der Waals surface area contributed by atoms with Gasteiger partial charge in [0.2, 0.25) is 0 Å². The number of anilines is 1. The summed E-state index contributed by atoms with van der Waals surface area (Å²) >= 11 is 0. The van der Waals surface area contributed by atoms with E-state index >= 15 is 0 Å². The Kier molecular flexibility index (Phi) is 7.48. The highest BCUT2D eigenvalue weighted by molar-refractivity contribution is 7.92. The van der Waals surface area contributed by atoms with Crippen LogP contribution in [0, 0.1) is 11.8 Å². The second-order valence-electron chi connectivity index (χ2n) is 6.92. The first-order chi connectivity index (χ1) is 16.1. The van der Waals surface area contributed by atoms with Crippen molar-refractivity contribution in [1.82, 2.24) is 5.32 Å². The Balaban J connectivity index is 1.65. The van der Waals surface area contributed by atoms with Crippen LogP contribution in [0.4, 0.5) is 18.9 Å². The summed E-state index contributed by atoms with van der Waals surface area (Å²) in [5.41, 5.74) is -0.259. The Bertz CT molecular complexity index is 1340. The number of ether oxygens (including phenoxy) is 1. The lowest BCUT2D eigenvalue weighted by atomic mass is 10.1. The predicted molar refractivity (Wildman–Crippen MR) is 121 cm³/mol. The van der Waals surface area contributed by atoms with Gasteiger partial charge < -0.3 is 10.1 Å². The van der Waals surface area contributed by atoms with Gasteiger partial charge in [-0.25, -0.2) is 8.42 Å². The molecule has 6 nitrogen and oxygen atoms in total. The van der Waals surface area contributed by atoms with Gasteiger partial charge >= 0.3 is 6.18 Å². The molecule has 0 aliphatic carbocycles. The largest absolute Gasteiger partial charge is 0.497 e. The fourth-order valence-corrected chi connectivity index (χ4v) is 3.93. The minimum Gasteiger partial charge on any atom is -0.497 e. The predicted octanol–water partition coefficient (Wildman–Crippen LogP) is 4.30. The van der Waals surface area contributed by atoms with Crippen molar-refractivity contribution in [3.63, 3.8) is 0 Å². The average molecular weight is 488 g/mol. The fourth-order valence-electron chi connectivity index (χ4n) is 2.82. The molecule has 2 N–H and O–H groups in total. The van der Waals surface area contributed by atoms with Crippen molar-refractivity contribution in [2.75, 3.05) is 18.4 Å². The highest BCUT2D eigenvalue weighted by atomic mass is 32.2. The smallest absolute Gasteiger partial charge is 0.416 e. The molecule has 176 valence electrons. The molecule has 0 bridgehead atoms. The summed E-state index contributed by atoms with van der Waals surface area (Å²) in [4.78, 5) is 12.3. The van der Waals surface area contributed by atoms with E-state index in [-0.39, 0.29) is 22.6 Å². The molecule has 0 spiro atoms. The number of sulfonamides is 1. The van der Waals surface area contributed by atoms with Gasteiger partial charge in [-0.05, 0) is 60.7 Å². The Morgan fingerprint density at radius 1 is 1.00 bits per heavy atom. The maximum absolute atomic E-state index is 12.8. The second-order valence-corrected chi connectivity index (χ2v) is 8.61. The van der Waals surface area contributed by atoms with Crippen molar-refractivity contribution >= 4 is 21.6 Å². The van der Waals surface area contributed by atoms with Crippen molar-refractivity contribution < 1.29 is 31.1 Å². The van der Waals surface area contributed by atoms with Crippen LogP contribution in [0.2, 0.25) is 0 Å². The van der Waals surface area contributed by atoms with Gasteiger partial charge in [0.1, 0.15) is 5.75 Å². The first-order valence-electron chi connectivity index (χ1n) is 9.80. The highest BCUT2D eigenvalue weighted by Gasteiger charge is 2.30. The standard InChI is InChI=1S/C24H19F3N2O4S/c1-33-21-12-10-20(11-13-21)29-34(31,32)22-9-3-7-18(16-22)23(30)28-14-4-6-17-5-2-8-19(15-17)24(25,26)27/h2-3,5,7-13,15-16,29H,14H2,1H3,(H,28,30). The Labute approximate surface area is 194 Å². The van der Waals surface area contributed by atoms with Crippen molar-refractivity contribution in [3.8, 4) is 17.6 Å². The minimum atomic E-state index is -4.47. The molecule has 3 aromatic carbocycles. The lowest BCUT2D eigenvalue weighted by Gasteiger charge is -2.10. The third-order valence-corrected chi connectivity index (χ3v) is 5.89. The number of halogens is 3. The van der Waals surface area contributed by atoms with Crippen LogP contribution in [-0.2, 0) is 16.2 Å². The third kappa shape index (κ3) is 6.52. The van der Waals surface area contributed by atoms with Crippen LogP contribution in [0.3, 0.4) is 0 Å². The van der Waals surface area contributed by atoms with Gasteiger partial charge in [-0.3, -0.25) is 9.52 Å². The maximum atomic E-state index is 12.8. The maximum Gasteiger partial charge on any atom is 0.416 e. The van der Waals surface area contributed by atoms with Crippen LogP contribution in [0.25, 0.3) is 0 Å². The molecular formula is C24H19F3N2O4S. The zero-order chi connectivity index (χ0) is 24.8. The molecule has 0 atom stereocenters. The molecule has 0 radical (unpaired) electrons. The zero-order valence-corrected chi connectivity index (χ0v) is 18.6. The van der Waals surface area contributed by atoms with Gasteiger partial charge in [0.25, 0.3) is 15.9 Å². The number of nitrogens with one attached hydrogen (secondary N) is 2. The van der Waals surface area contributed by atoms with E-state index in [1.165, 1.54) is 55.6 Å². The summed E-state index contributed by atoms with van der Waals surface area (Å²) in [6.07, 6.45) is -4.47. The van der Waals surface area contributed by atoms with Crippen molar-refractivity contribution in [2.24, 2.45) is 0 Å². The minimum absolute atomic E-state index is 0.0819. The number of hydrogen-bond acceptors (Lipinski definition) is 4. The van der Waals surface area contributed by atoms with Crippen LogP contribution in [0.5, 0.6) is 5.75 Å². The van der Waals surface area contributed by atoms with Crippen molar-refractivity contribution in [2.45, 2.75) is 11.1 Å². The summed E-state index contributed by atoms with van der Waals surface area (Å²) in [7, 11) is -2.46. The molecule has 34 heavy (non-hydrogen) atoms. The normalized spacial score (nSPS) is 11.2. The Morgan fingerprint density at radius 2 is 1.71 bits per heavy atom. The molecule has 0 saturated carbocycles. The number of amides is 1. The van der Waals surface area contributed by atoms with Crippen LogP contribution in [0.15, 0.2) is 77.7 Å². The Hall–Kier alpha value is -3.97. The van der Waals surface area contributed by atoms with Gasteiger partial charge in [-0.15, -0.1) is 0 Å². The van der Waals surface area contributed by atoms with E-state index in [2.05, 4.69) is 21.9 Å². The number of hydrogen-bond donors (Lipinski definition) is 2. The van der Waals surface area contributed by atoms with E-state index in [1.54, 1.807) is 12.1 Å². The summed E-state index contributed by atoms with van der Waals surface area (Å²) in [6, 6.07) is 16.2. The number of methoxy groups -OCH3 is 1. The number of alkyl halides is 3. The van der Waals surface area contributed by atoms with Crippen molar-refractivity contribution in [1.29, 1.82) is 0 Å². The van der Waals surface area contributed by atoms with Crippen LogP contribution in [-0.4, -0.2) is 28.0 Å². The number of carbonyl (C=O) groups is 1. The van der Waals surface area contributed by atoms with E-state index in [9.17, 15) is 26.4 Å². The average Bonchev–Trinajstić information content (AvgIpc) is 2.82. The lowest BCUT2D eigenvalue weighted by Crippen LogP contribution is -2.24. The number of carbonyl (C=O) groups excluding carboxylic acids is 1. The van der Waals surface area contributed by atoms with Gasteiger partial charge in [0, 0.05) is 16.8 Å². The molecule has 0 fully saturated rings. The molecule has 0 unspecified atom stereocenters. The van der Waals surface area contributed by atoms with E-state index in [4.69, 9.17) is 4.74 Å². The molecule has 0 aliphatic rings. The highest BCUT2D eigenvalue weighted by Crippen LogP contribution is 2.29. The van der Waals surface area contributed by atoms with Gasteiger partial charge in [-0.1, -0.05) is 24.0 Å². The van der Waals surface area contributed by atoms with Gasteiger partial charge in [0.15, 0.2) is 0 Å². The lowest BCUT2D eigenvalue weighted by molar-refractivity contribution is -0.137. The first-order valence-corrected chi connectivity index (χ1v) is 11.3. The fraction of sp³-hybridized carbons (Fsp3) is 0.125. The molecule has 1 amide bonds. The molecule has 0 aliphatic heterocycles. The zero-order valence-electron chi connectivity index (χ0n) is 17.8. The summed E-state index contributed by atoms with van der Waals surface area (Å²) in [6.45, 7) is -0.143. The molecular weight excluding hydrogens is 469 g/mol. The quantitative estimate of drug-likeness (QED) is 0.507. The molecule has 3 rings (SSSR count). The molecule has 3 aromatic rings. The summed E-state index contributed by atoms with van der Waals surface area (Å²) in [5.74, 6) is 5.12. The molecule has 0 heterocycles. The Morgan fingerprint density at radius 3 is 2.38 bits per heavy atom. The first kappa shape index (κ1) is 24.7. The second kappa shape index (κ2) is 10.3. The molecule has 0 saturated heterocycles. The molecule has 0 aromatic heterocycles. The third-order valence-electron chi connectivity index (χ3n) is 4.51. The van der Waals surface area contributed by atoms with E-state index in [1.807, 2.05) is 0 Å². The van der Waals surface area contributed by atoms with E-state index in [0.29, 0.717) is 11.4 Å². The van der Waals surface area contributed by atoms with Gasteiger partial charge in [-0.2, -0.15) is 13.2 Å². The van der Waals surface area contributed by atoms with Crippen LogP contribution >= 0.6 is 0 Å². The monoisotopic (exact) mass is 488 g/mol. The topological polar surface area (TPSA) is 84.5 Å². The van der Waals surface area contributed by atoms with Crippen molar-refractivity contribution in [3.05, 3.63) is 89.5 Å². The summed E-state index contributed by atoms with van der Waals surface area (Å²) in [5, 5.41) is 2.49. The SMILES string of the molecule is COc1ccc(NS(=O)(=O)c2cccc(C(=O)NCC#Cc3cccc(C(F)(F)F)c3)c2)cc1. The van der Waals surface area contributed by atoms with Crippen LogP contribution in [0.1, 0.15) is 21.5 Å².